The molecule has 1 fully saturated rings. The second-order valence-electron chi connectivity index (χ2n) is 7.19. The van der Waals surface area contributed by atoms with Crippen LogP contribution in [0.1, 0.15) is 28.8 Å². The molecule has 0 spiro atoms. The van der Waals surface area contributed by atoms with Gasteiger partial charge < -0.3 is 14.4 Å². The largest absolute Gasteiger partial charge is 0.489 e. The van der Waals surface area contributed by atoms with E-state index in [1.165, 1.54) is 24.4 Å². The molecule has 0 atom stereocenters. The summed E-state index contributed by atoms with van der Waals surface area (Å²) in [6.07, 6.45) is 3.27. The molecule has 0 aliphatic carbocycles. The lowest BCUT2D eigenvalue weighted by Gasteiger charge is -2.32. The Morgan fingerprint density at radius 1 is 1.36 bits per heavy atom. The van der Waals surface area contributed by atoms with Crippen LogP contribution in [0.2, 0.25) is 5.02 Å². The number of nitrogens with zero attached hydrogens (tertiary/aromatic N) is 4. The molecule has 0 radical (unpaired) electrons. The van der Waals surface area contributed by atoms with E-state index < -0.39 is 10.0 Å². The molecular formula is C20H21Cl2N5O5S. The second-order valence-corrected chi connectivity index (χ2v) is 9.72. The molecule has 1 aliphatic rings. The Labute approximate surface area is 201 Å². The van der Waals surface area contributed by atoms with E-state index in [4.69, 9.17) is 32.7 Å². The standard InChI is InChI=1S/C20H21Cl2N5O5S/c1-33(29,30)26-20-24-6-2-17(25-20)32-15-3-7-27(8-4-15)19(28)13-10-14(12-23)18(16(22)11-13)31-9-5-21/h2,6,10-11,15H,3-5,7-9H2,1H3,(H,24,25,26). The number of nitrogens with one attached hydrogen (secondary N) is 1. The molecule has 1 amide bonds. The maximum Gasteiger partial charge on any atom is 0.253 e. The van der Waals surface area contributed by atoms with Crippen molar-refractivity contribution in [2.45, 2.75) is 18.9 Å². The summed E-state index contributed by atoms with van der Waals surface area (Å²) in [6, 6.07) is 6.47. The van der Waals surface area contributed by atoms with Gasteiger partial charge in [0.1, 0.15) is 18.8 Å². The van der Waals surface area contributed by atoms with Crippen molar-refractivity contribution in [2.24, 2.45) is 0 Å². The number of anilines is 1. The Bertz CT molecular complexity index is 1160. The molecule has 0 unspecified atom stereocenters. The molecule has 1 aromatic carbocycles. The van der Waals surface area contributed by atoms with Gasteiger partial charge in [-0.2, -0.15) is 10.2 Å². The summed E-state index contributed by atoms with van der Waals surface area (Å²) in [5, 5.41) is 9.57. The van der Waals surface area contributed by atoms with Crippen LogP contribution in [0, 0.1) is 11.3 Å². The van der Waals surface area contributed by atoms with Gasteiger partial charge in [0, 0.05) is 43.8 Å². The van der Waals surface area contributed by atoms with E-state index in [0.717, 1.165) is 6.26 Å². The number of nitriles is 1. The number of benzene rings is 1. The molecule has 1 aliphatic heterocycles. The quantitative estimate of drug-likeness (QED) is 0.532. The van der Waals surface area contributed by atoms with Crippen molar-refractivity contribution >= 4 is 45.1 Å². The zero-order valence-electron chi connectivity index (χ0n) is 17.6. The first kappa shape index (κ1) is 24.8. The molecule has 3 rings (SSSR count). The van der Waals surface area contributed by atoms with Crippen LogP contribution in [-0.2, 0) is 10.0 Å². The minimum atomic E-state index is -3.50. The van der Waals surface area contributed by atoms with Crippen LogP contribution >= 0.6 is 23.2 Å². The van der Waals surface area contributed by atoms with Gasteiger partial charge in [-0.15, -0.1) is 11.6 Å². The first-order valence-corrected chi connectivity index (χ1v) is 12.7. The fourth-order valence-corrected chi connectivity index (χ4v) is 4.02. The number of amides is 1. The molecule has 13 heteroatoms. The van der Waals surface area contributed by atoms with Crippen LogP contribution in [0.4, 0.5) is 5.95 Å². The minimum absolute atomic E-state index is 0.0775. The smallest absolute Gasteiger partial charge is 0.253 e. The molecule has 2 aromatic rings. The third-order valence-corrected chi connectivity index (χ3v) is 5.65. The summed E-state index contributed by atoms with van der Waals surface area (Å²) in [4.78, 5) is 22.5. The number of carbonyl (C=O) groups excluding carboxylic acids is 1. The Hall–Kier alpha value is -2.81. The van der Waals surface area contributed by atoms with Gasteiger partial charge in [-0.05, 0) is 12.1 Å². The lowest BCUT2D eigenvalue weighted by Crippen LogP contribution is -2.41. The Morgan fingerprint density at radius 2 is 2.09 bits per heavy atom. The monoisotopic (exact) mass is 513 g/mol. The second kappa shape index (κ2) is 10.9. The van der Waals surface area contributed by atoms with Crippen molar-refractivity contribution in [3.63, 3.8) is 0 Å². The fraction of sp³-hybridized carbons (Fsp3) is 0.400. The van der Waals surface area contributed by atoms with Crippen LogP contribution in [0.25, 0.3) is 0 Å². The zero-order valence-corrected chi connectivity index (χ0v) is 20.0. The van der Waals surface area contributed by atoms with Gasteiger partial charge >= 0.3 is 0 Å². The molecule has 0 saturated carbocycles. The van der Waals surface area contributed by atoms with Crippen molar-refractivity contribution in [3.8, 4) is 17.7 Å². The first-order chi connectivity index (χ1) is 15.7. The third kappa shape index (κ3) is 6.83. The number of aromatic nitrogens is 2. The molecular weight excluding hydrogens is 493 g/mol. The molecule has 2 heterocycles. The Kier molecular flexibility index (Phi) is 8.18. The van der Waals surface area contributed by atoms with Crippen LogP contribution in [0.3, 0.4) is 0 Å². The molecule has 1 saturated heterocycles. The number of carbonyl (C=O) groups is 1. The number of halogens is 2. The highest BCUT2D eigenvalue weighted by atomic mass is 35.5. The SMILES string of the molecule is CS(=O)(=O)Nc1nccc(OC2CCN(C(=O)c3cc(Cl)c(OCCCl)c(C#N)c3)CC2)n1. The normalized spacial score (nSPS) is 14.4. The van der Waals surface area contributed by atoms with Crippen molar-refractivity contribution < 1.29 is 22.7 Å². The van der Waals surface area contributed by atoms with Crippen LogP contribution in [0.5, 0.6) is 11.6 Å². The maximum absolute atomic E-state index is 13.0. The molecule has 0 bridgehead atoms. The topological polar surface area (TPSA) is 135 Å². The van der Waals surface area contributed by atoms with Crippen molar-refractivity contribution in [2.75, 3.05) is 36.6 Å². The van der Waals surface area contributed by atoms with Gasteiger partial charge in [-0.25, -0.2) is 13.4 Å². The van der Waals surface area contributed by atoms with Crippen LogP contribution in [-0.4, -0.2) is 67.1 Å². The summed E-state index contributed by atoms with van der Waals surface area (Å²) in [5.74, 6) is 0.351. The number of hydrogen-bond acceptors (Lipinski definition) is 8. The molecule has 1 N–H and O–H groups in total. The van der Waals surface area contributed by atoms with Crippen molar-refractivity contribution in [1.82, 2.24) is 14.9 Å². The molecule has 176 valence electrons. The van der Waals surface area contributed by atoms with Gasteiger partial charge in [0.05, 0.1) is 22.7 Å². The van der Waals surface area contributed by atoms with E-state index in [-0.39, 0.29) is 52.7 Å². The number of alkyl halides is 1. The van der Waals surface area contributed by atoms with Crippen molar-refractivity contribution in [3.05, 3.63) is 40.5 Å². The van der Waals surface area contributed by atoms with Gasteiger partial charge in [0.15, 0.2) is 5.75 Å². The van der Waals surface area contributed by atoms with Gasteiger partial charge in [-0.1, -0.05) is 11.6 Å². The molecule has 10 nitrogen and oxygen atoms in total. The average molecular weight is 514 g/mol. The van der Waals surface area contributed by atoms with E-state index in [0.29, 0.717) is 31.5 Å². The van der Waals surface area contributed by atoms with Crippen LogP contribution < -0.4 is 14.2 Å². The number of ether oxygens (including phenoxy) is 2. The lowest BCUT2D eigenvalue weighted by atomic mass is 10.0. The lowest BCUT2D eigenvalue weighted by molar-refractivity contribution is 0.0588. The highest BCUT2D eigenvalue weighted by Crippen LogP contribution is 2.31. The summed E-state index contributed by atoms with van der Waals surface area (Å²) >= 11 is 11.9. The van der Waals surface area contributed by atoms with E-state index in [1.807, 2.05) is 6.07 Å². The zero-order chi connectivity index (χ0) is 24.0. The van der Waals surface area contributed by atoms with Gasteiger partial charge in [0.2, 0.25) is 21.9 Å². The van der Waals surface area contributed by atoms with E-state index >= 15 is 0 Å². The summed E-state index contributed by atoms with van der Waals surface area (Å²) in [6.45, 7) is 1.04. The predicted octanol–water partition coefficient (Wildman–Crippen LogP) is 2.67. The number of rotatable bonds is 8. The number of piperidine rings is 1. The van der Waals surface area contributed by atoms with E-state index in [9.17, 15) is 18.5 Å². The Morgan fingerprint density at radius 3 is 2.73 bits per heavy atom. The summed E-state index contributed by atoms with van der Waals surface area (Å²) < 4.78 is 36.1. The number of likely N-dealkylation sites (tertiary alicyclic amines) is 1. The third-order valence-electron chi connectivity index (χ3n) is 4.66. The van der Waals surface area contributed by atoms with Gasteiger partial charge in [0.25, 0.3) is 5.91 Å². The average Bonchev–Trinajstić information content (AvgIpc) is 2.77. The maximum atomic E-state index is 13.0. The number of sulfonamides is 1. The summed E-state index contributed by atoms with van der Waals surface area (Å²) in [7, 11) is -3.50. The predicted molar refractivity (Wildman–Crippen MR) is 122 cm³/mol. The first-order valence-electron chi connectivity index (χ1n) is 9.89. The Balaban J connectivity index is 1.62. The minimum Gasteiger partial charge on any atom is -0.489 e. The van der Waals surface area contributed by atoms with Crippen molar-refractivity contribution in [1.29, 1.82) is 5.26 Å². The van der Waals surface area contributed by atoms with Gasteiger partial charge in [-0.3, -0.25) is 9.52 Å². The molecule has 33 heavy (non-hydrogen) atoms. The van der Waals surface area contributed by atoms with E-state index in [1.54, 1.807) is 4.90 Å². The fourth-order valence-electron chi connectivity index (χ4n) is 3.24. The number of hydrogen-bond donors (Lipinski definition) is 1. The van der Waals surface area contributed by atoms with Crippen LogP contribution in [0.15, 0.2) is 24.4 Å². The highest BCUT2D eigenvalue weighted by molar-refractivity contribution is 7.91. The highest BCUT2D eigenvalue weighted by Gasteiger charge is 2.26. The molecule has 1 aromatic heterocycles. The summed E-state index contributed by atoms with van der Waals surface area (Å²) in [5.41, 5.74) is 0.456. The van der Waals surface area contributed by atoms with E-state index in [2.05, 4.69) is 14.7 Å².